The molecule has 0 fully saturated rings. The molecule has 60 valence electrons. The molecule has 1 aromatic heterocycles. The van der Waals surface area contributed by atoms with Crippen molar-refractivity contribution >= 4 is 0 Å². The molecule has 0 bridgehead atoms. The lowest BCUT2D eigenvalue weighted by atomic mass is 10.4. The minimum absolute atomic E-state index is 0.759. The molecule has 4 heteroatoms. The van der Waals surface area contributed by atoms with Crippen LogP contribution in [0.25, 0.3) is 0 Å². The summed E-state index contributed by atoms with van der Waals surface area (Å²) in [5, 5.41) is 3.08. The van der Waals surface area contributed by atoms with E-state index < -0.39 is 0 Å². The van der Waals surface area contributed by atoms with Crippen LogP contribution in [0.5, 0.6) is 6.01 Å². The zero-order valence-corrected chi connectivity index (χ0v) is 6.50. The molecule has 1 aliphatic heterocycles. The molecule has 0 amide bonds. The number of nitrogens with zero attached hydrogens (tertiary/aromatic N) is 2. The lowest BCUT2D eigenvalue weighted by Gasteiger charge is -1.99. The van der Waals surface area contributed by atoms with Gasteiger partial charge in [0.25, 0.3) is 6.01 Å². The second-order valence-corrected chi connectivity index (χ2v) is 2.56. The fourth-order valence-corrected chi connectivity index (χ4v) is 1.30. The third-order valence-electron chi connectivity index (χ3n) is 1.81. The highest BCUT2D eigenvalue weighted by molar-refractivity contribution is 5.11. The predicted molar refractivity (Wildman–Crippen MR) is 40.5 cm³/mol. The van der Waals surface area contributed by atoms with Crippen molar-refractivity contribution in [3.8, 4) is 6.01 Å². The van der Waals surface area contributed by atoms with E-state index in [2.05, 4.69) is 14.9 Å². The van der Waals surface area contributed by atoms with Crippen molar-refractivity contribution in [1.29, 1.82) is 0 Å². The average molecular weight is 153 g/mol. The van der Waals surface area contributed by atoms with Gasteiger partial charge in [0.05, 0.1) is 18.4 Å². The van der Waals surface area contributed by atoms with Crippen molar-refractivity contribution in [3.05, 3.63) is 11.9 Å². The van der Waals surface area contributed by atoms with Gasteiger partial charge in [-0.15, -0.1) is 0 Å². The quantitative estimate of drug-likeness (QED) is 0.649. The highest BCUT2D eigenvalue weighted by Gasteiger charge is 2.15. The molecular weight excluding hydrogens is 142 g/mol. The van der Waals surface area contributed by atoms with E-state index in [-0.39, 0.29) is 0 Å². The van der Waals surface area contributed by atoms with Gasteiger partial charge in [0.2, 0.25) is 0 Å². The molecule has 0 atom stereocenters. The largest absolute Gasteiger partial charge is 0.463 e. The van der Waals surface area contributed by atoms with Gasteiger partial charge in [-0.3, -0.25) is 4.57 Å². The fraction of sp³-hybridized carbons (Fsp3) is 0.571. The number of nitrogens with one attached hydrogen (secondary N) is 1. The maximum Gasteiger partial charge on any atom is 0.296 e. The smallest absolute Gasteiger partial charge is 0.296 e. The Hall–Kier alpha value is -1.03. The van der Waals surface area contributed by atoms with Crippen LogP contribution in [0.4, 0.5) is 0 Å². The first-order valence-electron chi connectivity index (χ1n) is 3.73. The molecule has 1 aromatic rings. The molecule has 2 heterocycles. The first kappa shape index (κ1) is 6.67. The minimum atomic E-state index is 0.759. The summed E-state index contributed by atoms with van der Waals surface area (Å²) >= 11 is 0. The highest BCUT2D eigenvalue weighted by atomic mass is 16.5. The van der Waals surface area contributed by atoms with Crippen LogP contribution in [0.1, 0.15) is 5.69 Å². The molecule has 1 aliphatic rings. The topological polar surface area (TPSA) is 39.1 Å². The highest BCUT2D eigenvalue weighted by Crippen LogP contribution is 2.17. The van der Waals surface area contributed by atoms with Gasteiger partial charge in [0.1, 0.15) is 6.61 Å². The Bertz CT molecular complexity index is 256. The molecule has 0 aromatic carbocycles. The number of aromatic nitrogens is 2. The van der Waals surface area contributed by atoms with Gasteiger partial charge < -0.3 is 10.1 Å². The maximum absolute atomic E-state index is 5.25. The second-order valence-electron chi connectivity index (χ2n) is 2.56. The van der Waals surface area contributed by atoms with Crippen LogP contribution in [0.2, 0.25) is 0 Å². The van der Waals surface area contributed by atoms with Crippen LogP contribution in [-0.4, -0.2) is 23.2 Å². The number of hydrogen-bond donors (Lipinski definition) is 1. The van der Waals surface area contributed by atoms with Crippen LogP contribution in [0.15, 0.2) is 6.20 Å². The van der Waals surface area contributed by atoms with E-state index in [0.29, 0.717) is 0 Å². The molecular formula is C7H11N3O. The van der Waals surface area contributed by atoms with Crippen molar-refractivity contribution in [2.24, 2.45) is 0 Å². The molecule has 0 unspecified atom stereocenters. The summed E-state index contributed by atoms with van der Waals surface area (Å²) in [5.74, 6) is 0. The zero-order valence-electron chi connectivity index (χ0n) is 6.50. The molecule has 1 N–H and O–H groups in total. The first-order valence-corrected chi connectivity index (χ1v) is 3.73. The van der Waals surface area contributed by atoms with Crippen molar-refractivity contribution in [3.63, 3.8) is 0 Å². The minimum Gasteiger partial charge on any atom is -0.463 e. The summed E-state index contributed by atoms with van der Waals surface area (Å²) in [6.07, 6.45) is 1.85. The van der Waals surface area contributed by atoms with Gasteiger partial charge in [0, 0.05) is 6.54 Å². The van der Waals surface area contributed by atoms with Crippen molar-refractivity contribution in [2.75, 3.05) is 13.7 Å². The van der Waals surface area contributed by atoms with Gasteiger partial charge >= 0.3 is 0 Å². The summed E-state index contributed by atoms with van der Waals surface area (Å²) in [4.78, 5) is 4.12. The number of hydrogen-bond acceptors (Lipinski definition) is 3. The monoisotopic (exact) mass is 153 g/mol. The molecule has 0 saturated carbocycles. The first-order chi connectivity index (χ1) is 5.42. The lowest BCUT2D eigenvalue weighted by Crippen LogP contribution is -2.09. The zero-order chi connectivity index (χ0) is 7.68. The van der Waals surface area contributed by atoms with E-state index in [0.717, 1.165) is 25.7 Å². The summed E-state index contributed by atoms with van der Waals surface area (Å²) < 4.78 is 7.34. The van der Waals surface area contributed by atoms with E-state index in [9.17, 15) is 0 Å². The molecule has 0 aliphatic carbocycles. The van der Waals surface area contributed by atoms with E-state index in [1.54, 1.807) is 0 Å². The summed E-state index contributed by atoms with van der Waals surface area (Å²) in [7, 11) is 1.93. The van der Waals surface area contributed by atoms with Gasteiger partial charge in [-0.05, 0) is 7.05 Å². The predicted octanol–water partition coefficient (Wildman–Crippen LogP) is -0.00510. The molecule has 4 nitrogen and oxygen atoms in total. The Labute approximate surface area is 65.2 Å². The molecule has 0 saturated heterocycles. The molecule has 0 spiro atoms. The number of imidazole rings is 1. The SMILES string of the molecule is CNCc1cnc2n1CCO2. The Balaban J connectivity index is 2.27. The average Bonchev–Trinajstić information content (AvgIpc) is 2.53. The van der Waals surface area contributed by atoms with Crippen LogP contribution < -0.4 is 10.1 Å². The second kappa shape index (κ2) is 2.54. The van der Waals surface area contributed by atoms with Gasteiger partial charge in [-0.25, -0.2) is 4.98 Å². The van der Waals surface area contributed by atoms with Crippen molar-refractivity contribution < 1.29 is 4.74 Å². The van der Waals surface area contributed by atoms with Crippen LogP contribution in [0.3, 0.4) is 0 Å². The van der Waals surface area contributed by atoms with Gasteiger partial charge in [0.15, 0.2) is 0 Å². The Morgan fingerprint density at radius 2 is 2.73 bits per heavy atom. The van der Waals surface area contributed by atoms with Gasteiger partial charge in [-0.2, -0.15) is 0 Å². The lowest BCUT2D eigenvalue weighted by molar-refractivity contribution is 0.345. The van der Waals surface area contributed by atoms with E-state index in [1.165, 1.54) is 5.69 Å². The standard InChI is InChI=1S/C7H11N3O/c1-8-4-6-5-9-7-10(6)2-3-11-7/h5,8H,2-4H2,1H3. The third-order valence-corrected chi connectivity index (χ3v) is 1.81. The van der Waals surface area contributed by atoms with Crippen LogP contribution in [0, 0.1) is 0 Å². The maximum atomic E-state index is 5.25. The Morgan fingerprint density at radius 1 is 1.82 bits per heavy atom. The van der Waals surface area contributed by atoms with E-state index in [4.69, 9.17) is 4.74 Å². The third kappa shape index (κ3) is 0.991. The Kier molecular flexibility index (Phi) is 1.54. The molecule has 0 radical (unpaired) electrons. The number of ether oxygens (including phenoxy) is 1. The number of fused-ring (bicyclic) bond motifs is 1. The van der Waals surface area contributed by atoms with Gasteiger partial charge in [-0.1, -0.05) is 0 Å². The normalized spacial score (nSPS) is 14.6. The van der Waals surface area contributed by atoms with E-state index >= 15 is 0 Å². The van der Waals surface area contributed by atoms with Crippen molar-refractivity contribution in [1.82, 2.24) is 14.9 Å². The summed E-state index contributed by atoms with van der Waals surface area (Å²) in [6.45, 7) is 2.56. The molecule has 2 rings (SSSR count). The number of rotatable bonds is 2. The van der Waals surface area contributed by atoms with E-state index in [1.807, 2.05) is 13.2 Å². The van der Waals surface area contributed by atoms with Crippen LogP contribution >= 0.6 is 0 Å². The van der Waals surface area contributed by atoms with Crippen molar-refractivity contribution in [2.45, 2.75) is 13.1 Å². The fourth-order valence-electron chi connectivity index (χ4n) is 1.30. The summed E-state index contributed by atoms with van der Waals surface area (Å²) in [5.41, 5.74) is 1.19. The van der Waals surface area contributed by atoms with Crippen LogP contribution in [-0.2, 0) is 13.1 Å². The molecule has 11 heavy (non-hydrogen) atoms. The Morgan fingerprint density at radius 3 is 3.55 bits per heavy atom. The summed E-state index contributed by atoms with van der Waals surface area (Å²) in [6, 6.07) is 0.759.